The van der Waals surface area contributed by atoms with Gasteiger partial charge in [-0.25, -0.2) is 0 Å². The van der Waals surface area contributed by atoms with Gasteiger partial charge in [-0.3, -0.25) is 0 Å². The van der Waals surface area contributed by atoms with E-state index in [1.165, 1.54) is 17.7 Å². The lowest BCUT2D eigenvalue weighted by atomic mass is 10.1. The molecule has 0 bridgehead atoms. The van der Waals surface area contributed by atoms with E-state index >= 15 is 0 Å². The lowest BCUT2D eigenvalue weighted by Crippen LogP contribution is -1.67. The Balaban J connectivity index is 0. The lowest BCUT2D eigenvalue weighted by molar-refractivity contribution is -0.106. The Hall–Kier alpha value is -1.63. The molecule has 0 amide bonds. The first-order chi connectivity index (χ1) is 8.38. The molecule has 0 aromatic heterocycles. The molecule has 2 aromatic carbocycles. The van der Waals surface area contributed by atoms with Gasteiger partial charge in [-0.05, 0) is 17.7 Å². The summed E-state index contributed by atoms with van der Waals surface area (Å²) in [5.41, 5.74) is 0. The molecule has 0 aliphatic rings. The van der Waals surface area contributed by atoms with Crippen LogP contribution in [0, 0.1) is 0 Å². The van der Waals surface area contributed by atoms with Crippen molar-refractivity contribution in [2.45, 2.75) is 34.6 Å². The van der Waals surface area contributed by atoms with E-state index in [9.17, 15) is 0 Å². The molecule has 2 aromatic rings. The first-order valence-corrected chi connectivity index (χ1v) is 6.22. The highest BCUT2D eigenvalue weighted by Crippen LogP contribution is 2.11. The number of hydrogen-bond acceptors (Lipinski definition) is 1. The summed E-state index contributed by atoms with van der Waals surface area (Å²) >= 11 is 0. The van der Waals surface area contributed by atoms with Crippen molar-refractivity contribution in [1.82, 2.24) is 0 Å². The first-order valence-electron chi connectivity index (χ1n) is 6.22. The monoisotopic (exact) mass is 232 g/mol. The molecule has 0 atom stereocenters. The largest absolute Gasteiger partial charge is 0.304 e. The van der Waals surface area contributed by atoms with Crippen LogP contribution in [-0.2, 0) is 4.79 Å². The zero-order valence-electron chi connectivity index (χ0n) is 11.6. The Morgan fingerprint density at radius 2 is 0.882 bits per heavy atom. The molecule has 0 fully saturated rings. The minimum atomic E-state index is 0.750. The summed E-state index contributed by atoms with van der Waals surface area (Å²) < 4.78 is 0. The van der Waals surface area contributed by atoms with Crippen LogP contribution in [0.1, 0.15) is 34.6 Å². The molecule has 0 spiro atoms. The van der Waals surface area contributed by atoms with Gasteiger partial charge in [0.05, 0.1) is 0 Å². The Labute approximate surface area is 105 Å². The lowest BCUT2D eigenvalue weighted by Gasteiger charge is -1.92. The van der Waals surface area contributed by atoms with Crippen molar-refractivity contribution in [3.63, 3.8) is 0 Å². The predicted molar refractivity (Wildman–Crippen MR) is 78.4 cm³/mol. The molecule has 0 aliphatic heterocycles. The van der Waals surface area contributed by atoms with E-state index in [0.717, 1.165) is 6.29 Å². The second-order valence-electron chi connectivity index (χ2n) is 2.58. The normalized spacial score (nSPS) is 7.35. The van der Waals surface area contributed by atoms with Crippen LogP contribution in [-0.4, -0.2) is 6.29 Å². The van der Waals surface area contributed by atoms with E-state index in [4.69, 9.17) is 4.79 Å². The maximum absolute atomic E-state index is 8.81. The van der Waals surface area contributed by atoms with Gasteiger partial charge < -0.3 is 4.79 Å². The number of fused-ring (bicyclic) bond motifs is 1. The fourth-order valence-electron chi connectivity index (χ4n) is 1.13. The molecule has 1 nitrogen and oxygen atoms in total. The van der Waals surface area contributed by atoms with Gasteiger partial charge in [0.15, 0.2) is 0 Å². The highest BCUT2D eigenvalue weighted by molar-refractivity contribution is 5.81. The first kappa shape index (κ1) is 17.8. The number of carbonyl (C=O) groups excluding carboxylic acids is 1. The zero-order valence-corrected chi connectivity index (χ0v) is 11.6. The maximum Gasteiger partial charge on any atom is 0.116 e. The smallest absolute Gasteiger partial charge is 0.116 e. The molecule has 2 rings (SSSR count). The van der Waals surface area contributed by atoms with Crippen LogP contribution in [0.3, 0.4) is 0 Å². The third-order valence-corrected chi connectivity index (χ3v) is 1.66. The molecule has 0 saturated heterocycles. The van der Waals surface area contributed by atoms with Gasteiger partial charge in [-0.15, -0.1) is 0 Å². The highest BCUT2D eigenvalue weighted by atomic mass is 16.1. The molecule has 0 saturated carbocycles. The average Bonchev–Trinajstić information content (AvgIpc) is 2.44. The van der Waals surface area contributed by atoms with Crippen molar-refractivity contribution in [2.75, 3.05) is 0 Å². The Morgan fingerprint density at radius 1 is 0.706 bits per heavy atom. The molecule has 1 heteroatoms. The number of rotatable bonds is 0. The van der Waals surface area contributed by atoms with Gasteiger partial charge in [0.2, 0.25) is 0 Å². The van der Waals surface area contributed by atoms with Crippen LogP contribution in [0.15, 0.2) is 48.5 Å². The Kier molecular flexibility index (Phi) is 15.0. The quantitative estimate of drug-likeness (QED) is 0.578. The zero-order chi connectivity index (χ0) is 13.5. The summed E-state index contributed by atoms with van der Waals surface area (Å²) in [6, 6.07) is 16.7. The van der Waals surface area contributed by atoms with Gasteiger partial charge in [0, 0.05) is 0 Å². The topological polar surface area (TPSA) is 17.1 Å². The van der Waals surface area contributed by atoms with Crippen molar-refractivity contribution >= 4 is 17.1 Å². The van der Waals surface area contributed by atoms with E-state index in [1.54, 1.807) is 0 Å². The number of hydrogen-bond donors (Lipinski definition) is 0. The van der Waals surface area contributed by atoms with Crippen LogP contribution in [0.25, 0.3) is 10.8 Å². The summed E-state index contributed by atoms with van der Waals surface area (Å²) in [6.07, 6.45) is 0.750. The van der Waals surface area contributed by atoms with E-state index in [-0.39, 0.29) is 0 Å². The second kappa shape index (κ2) is 14.4. The number of carbonyl (C=O) groups is 1. The van der Waals surface area contributed by atoms with Crippen molar-refractivity contribution in [3.8, 4) is 0 Å². The summed E-state index contributed by atoms with van der Waals surface area (Å²) in [5.74, 6) is 0. The van der Waals surface area contributed by atoms with Crippen LogP contribution in [0.5, 0.6) is 0 Å². The standard InChI is InChI=1S/C10H8.C2H4O.2C2H6/c1-2-6-10-8-4-3-7-9(10)5-1;1-2-3;2*1-2/h1-8H;2H,1H3;2*1-2H3. The van der Waals surface area contributed by atoms with E-state index in [0.29, 0.717) is 0 Å². The van der Waals surface area contributed by atoms with Gasteiger partial charge in [0.1, 0.15) is 6.29 Å². The maximum atomic E-state index is 8.81. The molecule has 0 N–H and O–H groups in total. The minimum Gasteiger partial charge on any atom is -0.304 e. The summed E-state index contributed by atoms with van der Waals surface area (Å²) in [7, 11) is 0. The van der Waals surface area contributed by atoms with Crippen molar-refractivity contribution in [3.05, 3.63) is 48.5 Å². The van der Waals surface area contributed by atoms with Crippen LogP contribution >= 0.6 is 0 Å². The van der Waals surface area contributed by atoms with E-state index < -0.39 is 0 Å². The van der Waals surface area contributed by atoms with Crippen molar-refractivity contribution < 1.29 is 4.79 Å². The predicted octanol–water partition coefficient (Wildman–Crippen LogP) is 5.10. The summed E-state index contributed by atoms with van der Waals surface area (Å²) in [4.78, 5) is 8.81. The molecule has 0 heterocycles. The van der Waals surface area contributed by atoms with E-state index in [2.05, 4.69) is 48.5 Å². The Morgan fingerprint density at radius 3 is 1.06 bits per heavy atom. The van der Waals surface area contributed by atoms with Crippen LogP contribution in [0.2, 0.25) is 0 Å². The molecule has 0 aliphatic carbocycles. The molecular formula is C16H24O. The molecule has 94 valence electrons. The average molecular weight is 232 g/mol. The SMILES string of the molecule is CC.CC.CC=O.c1ccc2ccccc2c1. The van der Waals surface area contributed by atoms with Gasteiger partial charge in [-0.1, -0.05) is 76.2 Å². The third kappa shape index (κ3) is 8.21. The molecular weight excluding hydrogens is 208 g/mol. The van der Waals surface area contributed by atoms with Gasteiger partial charge in [-0.2, -0.15) is 0 Å². The van der Waals surface area contributed by atoms with Crippen LogP contribution in [0.4, 0.5) is 0 Å². The number of benzene rings is 2. The van der Waals surface area contributed by atoms with E-state index in [1.807, 2.05) is 27.7 Å². The fraction of sp³-hybridized carbons (Fsp3) is 0.312. The van der Waals surface area contributed by atoms with Crippen molar-refractivity contribution in [2.24, 2.45) is 0 Å². The third-order valence-electron chi connectivity index (χ3n) is 1.66. The minimum absolute atomic E-state index is 0.750. The fourth-order valence-corrected chi connectivity index (χ4v) is 1.13. The number of aldehydes is 1. The summed E-state index contributed by atoms with van der Waals surface area (Å²) in [5, 5.41) is 2.62. The molecule has 0 unspecified atom stereocenters. The Bertz CT molecular complexity index is 314. The van der Waals surface area contributed by atoms with Crippen molar-refractivity contribution in [1.29, 1.82) is 0 Å². The van der Waals surface area contributed by atoms with Gasteiger partial charge >= 0.3 is 0 Å². The molecule has 17 heavy (non-hydrogen) atoms. The summed E-state index contributed by atoms with van der Waals surface area (Å²) in [6.45, 7) is 9.44. The van der Waals surface area contributed by atoms with Gasteiger partial charge in [0.25, 0.3) is 0 Å². The highest BCUT2D eigenvalue weighted by Gasteiger charge is 1.85. The second-order valence-corrected chi connectivity index (χ2v) is 2.58. The molecule has 0 radical (unpaired) electrons. The van der Waals surface area contributed by atoms with Crippen LogP contribution < -0.4 is 0 Å².